The molecule has 0 radical (unpaired) electrons. The van der Waals surface area contributed by atoms with E-state index in [4.69, 9.17) is 24.9 Å². The van der Waals surface area contributed by atoms with Crippen molar-refractivity contribution >= 4 is 17.4 Å². The summed E-state index contributed by atoms with van der Waals surface area (Å²) in [6, 6.07) is 29.8. The van der Waals surface area contributed by atoms with Crippen molar-refractivity contribution in [2.75, 3.05) is 18.8 Å². The van der Waals surface area contributed by atoms with E-state index >= 15 is 0 Å². The Labute approximate surface area is 247 Å². The number of rotatable bonds is 8. The number of nitrogen functional groups attached to an aromatic ring is 1. The summed E-state index contributed by atoms with van der Waals surface area (Å²) in [7, 11) is 0. The number of hydrogen-bond acceptors (Lipinski definition) is 6. The fraction of sp³-hybridized carbons (Fsp3) is 0.257. The van der Waals surface area contributed by atoms with Crippen LogP contribution in [0, 0.1) is 0 Å². The van der Waals surface area contributed by atoms with Gasteiger partial charge in [-0.2, -0.15) is 4.98 Å². The normalized spacial score (nSPS) is 13.3. The molecule has 1 aliphatic rings. The Kier molecular flexibility index (Phi) is 8.77. The van der Waals surface area contributed by atoms with Crippen LogP contribution in [-0.2, 0) is 18.0 Å². The van der Waals surface area contributed by atoms with Gasteiger partial charge in [0, 0.05) is 36.0 Å². The first-order chi connectivity index (χ1) is 20.2. The second kappa shape index (κ2) is 12.8. The summed E-state index contributed by atoms with van der Waals surface area (Å²) in [5, 5.41) is 0. The van der Waals surface area contributed by atoms with Gasteiger partial charge in [0.05, 0.1) is 0 Å². The zero-order valence-electron chi connectivity index (χ0n) is 24.4. The molecular formula is C35H37N3O4. The molecule has 1 aliphatic heterocycles. The molecule has 0 fully saturated rings. The van der Waals surface area contributed by atoms with E-state index in [0.29, 0.717) is 50.2 Å². The van der Waals surface area contributed by atoms with Gasteiger partial charge in [0.2, 0.25) is 11.8 Å². The van der Waals surface area contributed by atoms with Crippen LogP contribution in [0.2, 0.25) is 0 Å². The van der Waals surface area contributed by atoms with Crippen LogP contribution in [0.5, 0.6) is 11.8 Å². The van der Waals surface area contributed by atoms with Gasteiger partial charge in [0.15, 0.2) is 0 Å². The van der Waals surface area contributed by atoms with Crippen LogP contribution in [-0.4, -0.2) is 34.7 Å². The minimum absolute atomic E-state index is 0.298. The Morgan fingerprint density at radius 3 is 2.10 bits per heavy atom. The fourth-order valence-electron chi connectivity index (χ4n) is 4.72. The quantitative estimate of drug-likeness (QED) is 0.223. The smallest absolute Gasteiger partial charge is 0.410 e. The van der Waals surface area contributed by atoms with Crippen molar-refractivity contribution in [3.63, 3.8) is 0 Å². The monoisotopic (exact) mass is 563 g/mol. The Hall–Kier alpha value is -4.78. The number of nitrogens with two attached hydrogens (primary N) is 1. The summed E-state index contributed by atoms with van der Waals surface area (Å²) in [5.74, 6) is 0.957. The van der Waals surface area contributed by atoms with E-state index < -0.39 is 5.60 Å². The average molecular weight is 564 g/mol. The van der Waals surface area contributed by atoms with Gasteiger partial charge in [0.1, 0.15) is 18.8 Å². The van der Waals surface area contributed by atoms with Crippen LogP contribution < -0.4 is 15.2 Å². The molecule has 1 aromatic heterocycles. The molecule has 0 unspecified atom stereocenters. The average Bonchev–Trinajstić information content (AvgIpc) is 2.99. The van der Waals surface area contributed by atoms with E-state index in [2.05, 4.69) is 0 Å². The van der Waals surface area contributed by atoms with Crippen LogP contribution in [0.15, 0.2) is 97.1 Å². The lowest BCUT2D eigenvalue weighted by atomic mass is 9.95. The third-order valence-electron chi connectivity index (χ3n) is 6.85. The minimum atomic E-state index is -0.522. The zero-order chi connectivity index (χ0) is 29.5. The van der Waals surface area contributed by atoms with Crippen molar-refractivity contribution in [1.29, 1.82) is 0 Å². The molecule has 7 nitrogen and oxygen atoms in total. The molecule has 0 aliphatic carbocycles. The molecule has 0 saturated heterocycles. The van der Waals surface area contributed by atoms with Crippen LogP contribution in [0.1, 0.15) is 43.9 Å². The van der Waals surface area contributed by atoms with E-state index in [0.717, 1.165) is 33.4 Å². The molecule has 3 aromatic carbocycles. The zero-order valence-corrected chi connectivity index (χ0v) is 24.4. The molecule has 1 amide bonds. The second-order valence-corrected chi connectivity index (χ2v) is 11.3. The van der Waals surface area contributed by atoms with Gasteiger partial charge < -0.3 is 24.8 Å². The first kappa shape index (κ1) is 28.7. The number of ether oxygens (including phenoxy) is 3. The molecule has 0 bridgehead atoms. The lowest BCUT2D eigenvalue weighted by Crippen LogP contribution is -2.39. The number of hydrogen-bond donors (Lipinski definition) is 1. The summed E-state index contributed by atoms with van der Waals surface area (Å²) in [5.41, 5.74) is 12.6. The Balaban J connectivity index is 1.36. The highest BCUT2D eigenvalue weighted by atomic mass is 16.6. The number of pyridine rings is 1. The molecule has 7 heteroatoms. The first-order valence-corrected chi connectivity index (χ1v) is 14.2. The lowest BCUT2D eigenvalue weighted by molar-refractivity contribution is 0.0270. The Bertz CT molecular complexity index is 1550. The molecule has 216 valence electrons. The van der Waals surface area contributed by atoms with Gasteiger partial charge in [-0.05, 0) is 61.6 Å². The number of nitrogens with zero attached hydrogens (tertiary/aromatic N) is 2. The number of carbonyl (C=O) groups is 1. The molecular weight excluding hydrogens is 526 g/mol. The van der Waals surface area contributed by atoms with Crippen molar-refractivity contribution in [3.8, 4) is 22.9 Å². The number of aromatic nitrogens is 1. The highest BCUT2D eigenvalue weighted by Crippen LogP contribution is 2.36. The van der Waals surface area contributed by atoms with E-state index in [1.165, 1.54) is 0 Å². The maximum atomic E-state index is 12.5. The lowest BCUT2D eigenvalue weighted by Gasteiger charge is -2.30. The third kappa shape index (κ3) is 7.49. The summed E-state index contributed by atoms with van der Waals surface area (Å²) < 4.78 is 17.7. The molecule has 0 spiro atoms. The maximum absolute atomic E-state index is 12.5. The number of benzene rings is 3. The van der Waals surface area contributed by atoms with Gasteiger partial charge in [-0.1, -0.05) is 78.9 Å². The van der Waals surface area contributed by atoms with E-state index in [-0.39, 0.29) is 6.09 Å². The maximum Gasteiger partial charge on any atom is 0.410 e. The third-order valence-corrected chi connectivity index (χ3v) is 6.85. The van der Waals surface area contributed by atoms with Gasteiger partial charge >= 0.3 is 6.09 Å². The van der Waals surface area contributed by atoms with Crippen molar-refractivity contribution in [1.82, 2.24) is 9.88 Å². The van der Waals surface area contributed by atoms with Gasteiger partial charge in [-0.15, -0.1) is 0 Å². The predicted molar refractivity (Wildman–Crippen MR) is 166 cm³/mol. The molecule has 4 aromatic rings. The molecule has 2 heterocycles. The fourth-order valence-corrected chi connectivity index (χ4v) is 4.72. The highest BCUT2D eigenvalue weighted by molar-refractivity contribution is 5.82. The molecule has 0 atom stereocenters. The Morgan fingerprint density at radius 1 is 0.857 bits per heavy atom. The number of amides is 1. The Morgan fingerprint density at radius 2 is 1.50 bits per heavy atom. The molecule has 0 saturated carbocycles. The van der Waals surface area contributed by atoms with Crippen LogP contribution in [0.4, 0.5) is 10.5 Å². The van der Waals surface area contributed by atoms with Crippen LogP contribution >= 0.6 is 0 Å². The minimum Gasteiger partial charge on any atom is -0.473 e. The number of carbonyl (C=O) groups excluding carboxylic acids is 1. The van der Waals surface area contributed by atoms with Crippen LogP contribution in [0.25, 0.3) is 16.7 Å². The van der Waals surface area contributed by atoms with E-state index in [9.17, 15) is 4.79 Å². The standard InChI is InChI=1S/C35H37N3O4/c1-35(2,3)42-34(39)38-20-18-27(19-21-38)29-15-14-28(22-31(29)36)30-16-17-32(40-23-25-10-6-4-7-11-25)37-33(30)41-24-26-12-8-5-9-13-26/h4-18,22H,19-21,23-24,36H2,1-3H3. The summed E-state index contributed by atoms with van der Waals surface area (Å²) in [6.07, 6.45) is 2.45. The topological polar surface area (TPSA) is 86.9 Å². The summed E-state index contributed by atoms with van der Waals surface area (Å²) >= 11 is 0. The first-order valence-electron chi connectivity index (χ1n) is 14.2. The van der Waals surface area contributed by atoms with E-state index in [1.54, 1.807) is 4.90 Å². The van der Waals surface area contributed by atoms with Gasteiger partial charge in [-0.25, -0.2) is 4.79 Å². The predicted octanol–water partition coefficient (Wildman–Crippen LogP) is 7.51. The van der Waals surface area contributed by atoms with Crippen molar-refractivity contribution in [2.24, 2.45) is 0 Å². The largest absolute Gasteiger partial charge is 0.473 e. The molecule has 2 N–H and O–H groups in total. The highest BCUT2D eigenvalue weighted by Gasteiger charge is 2.24. The van der Waals surface area contributed by atoms with Crippen molar-refractivity contribution in [3.05, 3.63) is 114 Å². The van der Waals surface area contributed by atoms with Crippen molar-refractivity contribution < 1.29 is 19.0 Å². The van der Waals surface area contributed by atoms with Crippen LogP contribution in [0.3, 0.4) is 0 Å². The van der Waals surface area contributed by atoms with Gasteiger partial charge in [-0.3, -0.25) is 0 Å². The van der Waals surface area contributed by atoms with E-state index in [1.807, 2.05) is 118 Å². The number of anilines is 1. The SMILES string of the molecule is CC(C)(C)OC(=O)N1CC=C(c2ccc(-c3ccc(OCc4ccccc4)nc3OCc3ccccc3)cc2N)CC1. The second-order valence-electron chi connectivity index (χ2n) is 11.3. The molecule has 42 heavy (non-hydrogen) atoms. The van der Waals surface area contributed by atoms with Gasteiger partial charge in [0.25, 0.3) is 0 Å². The molecule has 5 rings (SSSR count). The summed E-state index contributed by atoms with van der Waals surface area (Å²) in [6.45, 7) is 7.46. The summed E-state index contributed by atoms with van der Waals surface area (Å²) in [4.78, 5) is 18.9. The van der Waals surface area contributed by atoms with Crippen molar-refractivity contribution in [2.45, 2.75) is 46.0 Å².